The van der Waals surface area contributed by atoms with Crippen molar-refractivity contribution in [1.29, 1.82) is 0 Å². The van der Waals surface area contributed by atoms with Crippen LogP contribution in [0.4, 0.5) is 0 Å². The number of epoxide rings is 1. The summed E-state index contributed by atoms with van der Waals surface area (Å²) in [6.45, 7) is 0. The molecule has 1 saturated heterocycles. The summed E-state index contributed by atoms with van der Waals surface area (Å²) in [5.41, 5.74) is -1.23. The van der Waals surface area contributed by atoms with Crippen LogP contribution in [-0.4, -0.2) is 38.5 Å². The van der Waals surface area contributed by atoms with Gasteiger partial charge in [0.05, 0.1) is 20.3 Å². The zero-order chi connectivity index (χ0) is 22.4. The Bertz CT molecular complexity index is 1340. The van der Waals surface area contributed by atoms with Gasteiger partial charge < -0.3 is 4.74 Å². The van der Waals surface area contributed by atoms with Crippen molar-refractivity contribution in [3.63, 3.8) is 0 Å². The molecule has 5 fully saturated rings. The first-order valence-corrected chi connectivity index (χ1v) is 14.9. The predicted octanol–water partition coefficient (Wildman–Crippen LogP) is 3.42. The highest BCUT2D eigenvalue weighted by atomic mass is 32.2. The Kier molecular flexibility index (Phi) is 3.21. The summed E-state index contributed by atoms with van der Waals surface area (Å²) in [7, 11) is -7.79. The molecule has 2 aromatic carbocycles. The highest BCUT2D eigenvalue weighted by molar-refractivity contribution is 7.96. The van der Waals surface area contributed by atoms with Crippen molar-refractivity contribution in [3.8, 4) is 0 Å². The summed E-state index contributed by atoms with van der Waals surface area (Å²) < 4.78 is 63.6. The van der Waals surface area contributed by atoms with E-state index in [9.17, 15) is 16.8 Å². The zero-order valence-electron chi connectivity index (χ0n) is 17.9. The number of benzene rings is 2. The Morgan fingerprint density at radius 2 is 1.09 bits per heavy atom. The summed E-state index contributed by atoms with van der Waals surface area (Å²) in [4.78, 5) is 0.431. The minimum atomic E-state index is -3.89. The molecule has 1 spiro atoms. The molecule has 0 amide bonds. The van der Waals surface area contributed by atoms with Gasteiger partial charge in [0.25, 0.3) is 0 Å². The van der Waals surface area contributed by atoms with Crippen LogP contribution in [0.15, 0.2) is 82.6 Å². The summed E-state index contributed by atoms with van der Waals surface area (Å²) in [5.74, 6) is -0.153. The quantitative estimate of drug-likeness (QED) is 0.495. The Morgan fingerprint density at radius 3 is 1.48 bits per heavy atom. The molecular formula is C26H24O5S2. The smallest absolute Gasteiger partial charge is 0.182 e. The molecule has 0 aromatic heterocycles. The van der Waals surface area contributed by atoms with Crippen LogP contribution in [0, 0.1) is 29.1 Å². The third-order valence-corrected chi connectivity index (χ3v) is 14.5. The molecule has 5 aliphatic carbocycles. The molecule has 0 radical (unpaired) electrons. The van der Waals surface area contributed by atoms with E-state index in [0.29, 0.717) is 0 Å². The molecule has 5 nitrogen and oxygen atoms in total. The van der Waals surface area contributed by atoms with Crippen LogP contribution < -0.4 is 0 Å². The molecule has 0 N–H and O–H groups in total. The minimum Gasteiger partial charge on any atom is -0.360 e. The number of rotatable bonds is 4. The Labute approximate surface area is 193 Å². The molecule has 0 unspecified atom stereocenters. The fraction of sp³-hybridized carbons (Fsp3) is 0.462. The fourth-order valence-corrected chi connectivity index (χ4v) is 14.2. The van der Waals surface area contributed by atoms with Crippen molar-refractivity contribution in [3.05, 3.63) is 72.8 Å². The average Bonchev–Trinajstić information content (AvgIpc) is 3.60. The number of hydrogen-bond acceptors (Lipinski definition) is 5. The SMILES string of the molecule is O=S(=O)(c1ccccc1)[C@@H]1[C@H](S(=O)(=O)c2ccccc2)[C@H]2C3(CC3)[C@@H]1[C@]13O[C@]21[C@H]1C=C[C@H]3C1. The van der Waals surface area contributed by atoms with Gasteiger partial charge in [-0.15, -0.1) is 0 Å². The fourth-order valence-electron chi connectivity index (χ4n) is 8.98. The van der Waals surface area contributed by atoms with E-state index in [1.807, 2.05) is 0 Å². The van der Waals surface area contributed by atoms with Gasteiger partial charge in [0.15, 0.2) is 19.7 Å². The topological polar surface area (TPSA) is 80.8 Å². The minimum absolute atomic E-state index is 0.198. The standard InChI is InChI=1S/C26H24O5S2/c27-32(28,18-7-3-1-4-8-18)20-21(33(29,30)19-9-5-2-6-10-19)23-24(13-14-24)22(20)25-16-11-12-17(15-16)26(23,25)31-25/h1-12,16-17,20-23H,13-15H2/t16-,17-,20-,21+,22-,23+,25+,26-/m0/s1. The Hall–Kier alpha value is -1.96. The molecule has 6 aliphatic rings. The maximum atomic E-state index is 14.2. The molecule has 33 heavy (non-hydrogen) atoms. The van der Waals surface area contributed by atoms with E-state index >= 15 is 0 Å². The van der Waals surface area contributed by atoms with Crippen molar-refractivity contribution in [2.45, 2.75) is 50.8 Å². The van der Waals surface area contributed by atoms with Crippen molar-refractivity contribution < 1.29 is 21.6 Å². The third kappa shape index (κ3) is 1.85. The van der Waals surface area contributed by atoms with Gasteiger partial charge in [-0.25, -0.2) is 16.8 Å². The van der Waals surface area contributed by atoms with Crippen LogP contribution in [0.25, 0.3) is 0 Å². The highest BCUT2D eigenvalue weighted by Gasteiger charge is 3.01. The third-order valence-electron chi connectivity index (χ3n) is 9.92. The van der Waals surface area contributed by atoms with Gasteiger partial charge >= 0.3 is 0 Å². The van der Waals surface area contributed by atoms with Crippen molar-refractivity contribution in [2.75, 3.05) is 0 Å². The second-order valence-electron chi connectivity index (χ2n) is 10.9. The molecular weight excluding hydrogens is 456 g/mol. The normalized spacial score (nSPS) is 44.7. The molecule has 1 aliphatic heterocycles. The largest absolute Gasteiger partial charge is 0.360 e. The molecule has 2 aromatic rings. The van der Waals surface area contributed by atoms with Crippen molar-refractivity contribution in [1.82, 2.24) is 0 Å². The first kappa shape index (κ1) is 19.4. The molecule has 8 atom stereocenters. The maximum Gasteiger partial charge on any atom is 0.182 e. The van der Waals surface area contributed by atoms with E-state index in [-0.39, 0.29) is 38.9 Å². The second kappa shape index (κ2) is 5.47. The van der Waals surface area contributed by atoms with Crippen LogP contribution in [0.3, 0.4) is 0 Å². The van der Waals surface area contributed by atoms with Crippen molar-refractivity contribution >= 4 is 19.7 Å². The molecule has 8 rings (SSSR count). The summed E-state index contributed by atoms with van der Waals surface area (Å²) in [6, 6.07) is 16.8. The summed E-state index contributed by atoms with van der Waals surface area (Å²) >= 11 is 0. The van der Waals surface area contributed by atoms with Gasteiger partial charge in [-0.3, -0.25) is 0 Å². The molecule has 7 heteroatoms. The Morgan fingerprint density at radius 1 is 0.667 bits per heavy atom. The lowest BCUT2D eigenvalue weighted by Crippen LogP contribution is -2.54. The lowest BCUT2D eigenvalue weighted by atomic mass is 9.73. The first-order valence-electron chi connectivity index (χ1n) is 11.8. The van der Waals surface area contributed by atoms with Crippen LogP contribution >= 0.6 is 0 Å². The van der Waals surface area contributed by atoms with Gasteiger partial charge in [0, 0.05) is 23.7 Å². The van der Waals surface area contributed by atoms with Crippen molar-refractivity contribution in [2.24, 2.45) is 29.1 Å². The van der Waals surface area contributed by atoms with Gasteiger partial charge in [-0.05, 0) is 48.9 Å². The van der Waals surface area contributed by atoms with E-state index in [4.69, 9.17) is 4.74 Å². The molecule has 4 saturated carbocycles. The van der Waals surface area contributed by atoms with E-state index in [0.717, 1.165) is 19.3 Å². The van der Waals surface area contributed by atoms with Crippen LogP contribution in [0.5, 0.6) is 0 Å². The number of sulfone groups is 2. The van der Waals surface area contributed by atoms with Gasteiger partial charge in [0.2, 0.25) is 0 Å². The van der Waals surface area contributed by atoms with E-state index in [1.54, 1.807) is 60.7 Å². The molecule has 4 bridgehead atoms. The first-order chi connectivity index (χ1) is 15.8. The van der Waals surface area contributed by atoms with Gasteiger partial charge in [0.1, 0.15) is 11.2 Å². The van der Waals surface area contributed by atoms with E-state index < -0.39 is 41.4 Å². The average molecular weight is 481 g/mol. The van der Waals surface area contributed by atoms with Crippen LogP contribution in [-0.2, 0) is 24.4 Å². The lowest BCUT2D eigenvalue weighted by Gasteiger charge is -2.36. The Balaban J connectivity index is 1.40. The lowest BCUT2D eigenvalue weighted by molar-refractivity contribution is 0.0482. The highest BCUT2D eigenvalue weighted by Crippen LogP contribution is 2.92. The summed E-state index contributed by atoms with van der Waals surface area (Å²) in [5, 5.41) is -1.97. The summed E-state index contributed by atoms with van der Waals surface area (Å²) in [6.07, 6.45) is 7.17. The number of ether oxygens (including phenoxy) is 1. The predicted molar refractivity (Wildman–Crippen MR) is 121 cm³/mol. The monoisotopic (exact) mass is 480 g/mol. The second-order valence-corrected chi connectivity index (χ2v) is 15.1. The van der Waals surface area contributed by atoms with Gasteiger partial charge in [-0.1, -0.05) is 48.6 Å². The van der Waals surface area contributed by atoms with E-state index in [2.05, 4.69) is 12.2 Å². The molecule has 170 valence electrons. The molecule has 1 heterocycles. The number of hydrogen-bond donors (Lipinski definition) is 0. The van der Waals surface area contributed by atoms with Crippen LogP contribution in [0.2, 0.25) is 0 Å². The van der Waals surface area contributed by atoms with Crippen LogP contribution in [0.1, 0.15) is 19.3 Å². The van der Waals surface area contributed by atoms with E-state index in [1.165, 1.54) is 0 Å². The maximum absolute atomic E-state index is 14.2. The zero-order valence-corrected chi connectivity index (χ0v) is 19.5. The number of fused-ring (bicyclic) bond motifs is 2. The van der Waals surface area contributed by atoms with Gasteiger partial charge in [-0.2, -0.15) is 0 Å².